The Kier molecular flexibility index (Phi) is 4.57. The van der Waals surface area contributed by atoms with E-state index in [0.29, 0.717) is 6.08 Å². The van der Waals surface area contributed by atoms with Gasteiger partial charge >= 0.3 is 5.97 Å². The highest BCUT2D eigenvalue weighted by molar-refractivity contribution is 6.01. The number of likely N-dealkylation sites (tertiary alicyclic amines) is 1. The SMILES string of the molecule is CCC(C(N)=O)N1C[C@H](C=C(F)F)C(C(=O)O)C1=O. The Balaban J connectivity index is 3.07. The molecule has 106 valence electrons. The average Bonchev–Trinajstić information content (AvgIpc) is 2.55. The topological polar surface area (TPSA) is 101 Å². The number of carboxylic acid groups (broad SMARTS) is 1. The Labute approximate surface area is 107 Å². The van der Waals surface area contributed by atoms with Crippen LogP contribution >= 0.6 is 0 Å². The second-order valence-electron chi connectivity index (χ2n) is 4.25. The largest absolute Gasteiger partial charge is 0.481 e. The number of nitrogens with zero attached hydrogens (tertiary/aromatic N) is 1. The lowest BCUT2D eigenvalue weighted by Gasteiger charge is -2.24. The first-order chi connectivity index (χ1) is 8.79. The molecule has 0 spiro atoms. The van der Waals surface area contributed by atoms with Crippen LogP contribution in [-0.2, 0) is 14.4 Å². The molecule has 2 amide bonds. The lowest BCUT2D eigenvalue weighted by Crippen LogP contribution is -2.46. The van der Waals surface area contributed by atoms with E-state index in [1.807, 2.05) is 0 Å². The molecule has 3 atom stereocenters. The number of aliphatic carboxylic acids is 1. The molecule has 0 aromatic carbocycles. The van der Waals surface area contributed by atoms with Crippen molar-refractivity contribution in [3.63, 3.8) is 0 Å². The van der Waals surface area contributed by atoms with Crippen molar-refractivity contribution in [1.82, 2.24) is 4.90 Å². The van der Waals surface area contributed by atoms with Crippen LogP contribution in [0.2, 0.25) is 0 Å². The van der Waals surface area contributed by atoms with Crippen LogP contribution in [-0.4, -0.2) is 40.4 Å². The van der Waals surface area contributed by atoms with E-state index in [0.717, 1.165) is 4.90 Å². The molecular formula is C11H14F2N2O4. The van der Waals surface area contributed by atoms with E-state index in [-0.39, 0.29) is 13.0 Å². The number of rotatable bonds is 5. The van der Waals surface area contributed by atoms with Crippen LogP contribution in [0.1, 0.15) is 13.3 Å². The molecule has 1 aliphatic rings. The summed E-state index contributed by atoms with van der Waals surface area (Å²) in [6.07, 6.45) is -1.43. The minimum Gasteiger partial charge on any atom is -0.481 e. The van der Waals surface area contributed by atoms with Crippen molar-refractivity contribution in [3.8, 4) is 0 Å². The fraction of sp³-hybridized carbons (Fsp3) is 0.545. The smallest absolute Gasteiger partial charge is 0.316 e. The van der Waals surface area contributed by atoms with Gasteiger partial charge < -0.3 is 15.7 Å². The third-order valence-electron chi connectivity index (χ3n) is 3.08. The Morgan fingerprint density at radius 2 is 2.16 bits per heavy atom. The van der Waals surface area contributed by atoms with E-state index >= 15 is 0 Å². The Bertz CT molecular complexity index is 434. The van der Waals surface area contributed by atoms with Gasteiger partial charge in [0.2, 0.25) is 11.8 Å². The van der Waals surface area contributed by atoms with Gasteiger partial charge in [-0.1, -0.05) is 6.92 Å². The minimum absolute atomic E-state index is 0.196. The van der Waals surface area contributed by atoms with Gasteiger partial charge in [-0.15, -0.1) is 0 Å². The summed E-state index contributed by atoms with van der Waals surface area (Å²) >= 11 is 0. The maximum atomic E-state index is 12.3. The van der Waals surface area contributed by atoms with E-state index in [4.69, 9.17) is 10.8 Å². The van der Waals surface area contributed by atoms with Gasteiger partial charge in [-0.2, -0.15) is 8.78 Å². The Morgan fingerprint density at radius 1 is 1.58 bits per heavy atom. The van der Waals surface area contributed by atoms with Crippen molar-refractivity contribution in [3.05, 3.63) is 12.2 Å². The number of amides is 2. The average molecular weight is 276 g/mol. The summed E-state index contributed by atoms with van der Waals surface area (Å²) in [6, 6.07) is -0.976. The standard InChI is InChI=1S/C11H14F2N2O4/c1-2-6(9(14)16)15-4-5(3-7(12)13)8(10(15)17)11(18)19/h3,5-6,8H,2,4H2,1H3,(H2,14,16)(H,18,19)/t5-,6?,8?/m0/s1. The normalized spacial score (nSPS) is 24.2. The zero-order valence-corrected chi connectivity index (χ0v) is 10.2. The van der Waals surface area contributed by atoms with Crippen LogP contribution in [0.25, 0.3) is 0 Å². The number of hydrogen-bond donors (Lipinski definition) is 2. The van der Waals surface area contributed by atoms with Crippen LogP contribution in [0, 0.1) is 11.8 Å². The molecule has 2 unspecified atom stereocenters. The maximum Gasteiger partial charge on any atom is 0.316 e. The molecule has 1 saturated heterocycles. The van der Waals surface area contributed by atoms with Crippen molar-refractivity contribution in [2.75, 3.05) is 6.54 Å². The van der Waals surface area contributed by atoms with Gasteiger partial charge in [0.05, 0.1) is 0 Å². The van der Waals surface area contributed by atoms with Crippen LogP contribution in [0.3, 0.4) is 0 Å². The van der Waals surface area contributed by atoms with Gasteiger partial charge in [0.25, 0.3) is 6.08 Å². The van der Waals surface area contributed by atoms with Crippen molar-refractivity contribution < 1.29 is 28.3 Å². The number of primary amides is 1. The first-order valence-corrected chi connectivity index (χ1v) is 5.65. The van der Waals surface area contributed by atoms with Crippen molar-refractivity contribution in [1.29, 1.82) is 0 Å². The molecule has 8 heteroatoms. The van der Waals surface area contributed by atoms with Crippen LogP contribution in [0.5, 0.6) is 0 Å². The summed E-state index contributed by atoms with van der Waals surface area (Å²) in [5.41, 5.74) is 5.11. The van der Waals surface area contributed by atoms with Gasteiger partial charge in [-0.3, -0.25) is 14.4 Å². The molecule has 1 rings (SSSR count). The van der Waals surface area contributed by atoms with Gasteiger partial charge in [-0.05, 0) is 12.5 Å². The molecular weight excluding hydrogens is 262 g/mol. The molecule has 0 bridgehead atoms. The summed E-state index contributed by atoms with van der Waals surface area (Å²) in [5.74, 6) is -5.90. The zero-order valence-electron chi connectivity index (χ0n) is 10.2. The molecule has 3 N–H and O–H groups in total. The van der Waals surface area contributed by atoms with Crippen molar-refractivity contribution in [2.24, 2.45) is 17.6 Å². The molecule has 0 radical (unpaired) electrons. The highest BCUT2D eigenvalue weighted by atomic mass is 19.3. The van der Waals surface area contributed by atoms with Crippen molar-refractivity contribution in [2.45, 2.75) is 19.4 Å². The molecule has 1 aliphatic heterocycles. The van der Waals surface area contributed by atoms with Crippen molar-refractivity contribution >= 4 is 17.8 Å². The number of carboxylic acids is 1. The predicted molar refractivity (Wildman–Crippen MR) is 59.9 cm³/mol. The highest BCUT2D eigenvalue weighted by Crippen LogP contribution is 2.30. The number of carbonyl (C=O) groups excluding carboxylic acids is 2. The van der Waals surface area contributed by atoms with E-state index in [2.05, 4.69) is 0 Å². The third-order valence-corrected chi connectivity index (χ3v) is 3.08. The summed E-state index contributed by atoms with van der Waals surface area (Å²) in [5, 5.41) is 8.94. The second-order valence-corrected chi connectivity index (χ2v) is 4.25. The molecule has 0 aliphatic carbocycles. The fourth-order valence-corrected chi connectivity index (χ4v) is 2.24. The van der Waals surface area contributed by atoms with E-state index in [1.54, 1.807) is 6.92 Å². The monoisotopic (exact) mass is 276 g/mol. The fourth-order valence-electron chi connectivity index (χ4n) is 2.24. The molecule has 1 fully saturated rings. The zero-order chi connectivity index (χ0) is 14.7. The lowest BCUT2D eigenvalue weighted by molar-refractivity contribution is -0.150. The summed E-state index contributed by atoms with van der Waals surface area (Å²) in [7, 11) is 0. The first kappa shape index (κ1) is 15.1. The molecule has 0 aromatic rings. The number of nitrogens with two attached hydrogens (primary N) is 1. The maximum absolute atomic E-state index is 12.3. The van der Waals surface area contributed by atoms with Gasteiger partial charge in [0, 0.05) is 12.5 Å². The first-order valence-electron chi connectivity index (χ1n) is 5.65. The van der Waals surface area contributed by atoms with Crippen LogP contribution in [0.4, 0.5) is 8.78 Å². The number of carbonyl (C=O) groups is 3. The highest BCUT2D eigenvalue weighted by Gasteiger charge is 2.47. The quantitative estimate of drug-likeness (QED) is 0.700. The van der Waals surface area contributed by atoms with E-state index in [1.165, 1.54) is 0 Å². The molecule has 19 heavy (non-hydrogen) atoms. The summed E-state index contributed by atoms with van der Waals surface area (Å²) in [4.78, 5) is 35.0. The van der Waals surface area contributed by atoms with Gasteiger partial charge in [-0.25, -0.2) is 0 Å². The van der Waals surface area contributed by atoms with Crippen LogP contribution < -0.4 is 5.73 Å². The minimum atomic E-state index is -2.06. The second kappa shape index (κ2) is 5.77. The van der Waals surface area contributed by atoms with E-state index in [9.17, 15) is 23.2 Å². The third kappa shape index (κ3) is 3.07. The molecule has 0 aromatic heterocycles. The summed E-state index contributed by atoms with van der Waals surface area (Å²) < 4.78 is 24.5. The van der Waals surface area contributed by atoms with Gasteiger partial charge in [0.1, 0.15) is 12.0 Å². The molecule has 1 heterocycles. The molecule has 0 saturated carbocycles. The van der Waals surface area contributed by atoms with E-state index < -0.39 is 41.7 Å². The molecule has 6 nitrogen and oxygen atoms in total. The number of hydrogen-bond acceptors (Lipinski definition) is 3. The van der Waals surface area contributed by atoms with Crippen LogP contribution in [0.15, 0.2) is 12.2 Å². The Morgan fingerprint density at radius 3 is 2.53 bits per heavy atom. The summed E-state index contributed by atoms with van der Waals surface area (Å²) in [6.45, 7) is 1.34. The van der Waals surface area contributed by atoms with Gasteiger partial charge in [0.15, 0.2) is 0 Å². The lowest BCUT2D eigenvalue weighted by atomic mass is 9.96. The predicted octanol–water partition coefficient (Wildman–Crippen LogP) is 0.190. The Hall–Kier alpha value is -1.99. The number of halogens is 2.